The second-order valence-electron chi connectivity index (χ2n) is 10.4. The van der Waals surface area contributed by atoms with Gasteiger partial charge in [-0.2, -0.15) is 5.10 Å². The standard InChI is InChI=1S/C28H32FN7O3/c1-34-17-19(15-31-34)26-25(29)22(8-9-30-26)27(38)33-28-32-23-14-18(16-35-10-12-39-13-11-35)2-7-24(23)36(28)20-3-5-21(37)6-4-20/h2,7-9,14-15,17,20-21,37H,3-6,10-13,16H2,1H3,(H,32,33,38)/t20-,21+. The summed E-state index contributed by atoms with van der Waals surface area (Å²) in [7, 11) is 1.74. The summed E-state index contributed by atoms with van der Waals surface area (Å²) in [5.41, 5.74) is 3.25. The van der Waals surface area contributed by atoms with Gasteiger partial charge in [-0.25, -0.2) is 9.37 Å². The minimum Gasteiger partial charge on any atom is -0.393 e. The highest BCUT2D eigenvalue weighted by molar-refractivity contribution is 6.05. The zero-order chi connectivity index (χ0) is 26.9. The van der Waals surface area contributed by atoms with Crippen LogP contribution in [0, 0.1) is 5.82 Å². The topological polar surface area (TPSA) is 110 Å². The Bertz CT molecular complexity index is 1490. The summed E-state index contributed by atoms with van der Waals surface area (Å²) in [5, 5.41) is 17.1. The van der Waals surface area contributed by atoms with Crippen molar-refractivity contribution in [1.82, 2.24) is 29.2 Å². The van der Waals surface area contributed by atoms with Crippen molar-refractivity contribution in [2.24, 2.45) is 7.05 Å². The van der Waals surface area contributed by atoms with Crippen LogP contribution in [0.25, 0.3) is 22.3 Å². The average Bonchev–Trinajstić information content (AvgIpc) is 3.52. The largest absolute Gasteiger partial charge is 0.393 e. The molecule has 2 aliphatic rings. The Hall–Kier alpha value is -3.67. The van der Waals surface area contributed by atoms with Gasteiger partial charge in [-0.15, -0.1) is 0 Å². The number of rotatable bonds is 6. The predicted octanol–water partition coefficient (Wildman–Crippen LogP) is 3.53. The van der Waals surface area contributed by atoms with Gasteiger partial charge in [-0.05, 0) is 49.4 Å². The summed E-state index contributed by atoms with van der Waals surface area (Å²) in [6.07, 6.45) is 7.16. The van der Waals surface area contributed by atoms with E-state index in [0.29, 0.717) is 24.4 Å². The van der Waals surface area contributed by atoms with Crippen LogP contribution in [0.1, 0.15) is 47.6 Å². The highest BCUT2D eigenvalue weighted by Gasteiger charge is 2.27. The molecule has 2 N–H and O–H groups in total. The lowest BCUT2D eigenvalue weighted by molar-refractivity contribution is 0.0342. The molecule has 1 aliphatic carbocycles. The monoisotopic (exact) mass is 533 g/mol. The van der Waals surface area contributed by atoms with E-state index >= 15 is 4.39 Å². The van der Waals surface area contributed by atoms with E-state index in [4.69, 9.17) is 9.72 Å². The van der Waals surface area contributed by atoms with E-state index in [1.165, 1.54) is 18.5 Å². The molecule has 0 atom stereocenters. The molecule has 1 amide bonds. The first-order valence-corrected chi connectivity index (χ1v) is 13.4. The number of aryl methyl sites for hydroxylation is 1. The number of aliphatic hydroxyl groups is 1. The van der Waals surface area contributed by atoms with Crippen LogP contribution >= 0.6 is 0 Å². The third-order valence-corrected chi connectivity index (χ3v) is 7.63. The van der Waals surface area contributed by atoms with E-state index in [0.717, 1.165) is 62.3 Å². The van der Waals surface area contributed by atoms with Gasteiger partial charge in [0.25, 0.3) is 5.91 Å². The number of morpholine rings is 1. The fourth-order valence-electron chi connectivity index (χ4n) is 5.57. The number of hydrogen-bond donors (Lipinski definition) is 2. The molecule has 39 heavy (non-hydrogen) atoms. The number of imidazole rings is 1. The van der Waals surface area contributed by atoms with Crippen molar-refractivity contribution < 1.29 is 19.0 Å². The van der Waals surface area contributed by atoms with Crippen molar-refractivity contribution in [2.45, 2.75) is 44.4 Å². The number of aromatic nitrogens is 5. The van der Waals surface area contributed by atoms with E-state index in [1.54, 1.807) is 17.9 Å². The molecule has 0 bridgehead atoms. The van der Waals surface area contributed by atoms with Gasteiger partial charge < -0.3 is 14.4 Å². The number of nitrogens with zero attached hydrogens (tertiary/aromatic N) is 6. The molecule has 3 aromatic heterocycles. The molecule has 0 unspecified atom stereocenters. The van der Waals surface area contributed by atoms with E-state index in [1.807, 2.05) is 10.6 Å². The molecule has 6 rings (SSSR count). The van der Waals surface area contributed by atoms with Crippen molar-refractivity contribution in [3.63, 3.8) is 0 Å². The number of halogens is 1. The molecule has 0 radical (unpaired) electrons. The number of hydrogen-bond acceptors (Lipinski definition) is 7. The smallest absolute Gasteiger partial charge is 0.261 e. The van der Waals surface area contributed by atoms with Gasteiger partial charge in [-0.3, -0.25) is 24.7 Å². The van der Waals surface area contributed by atoms with Crippen LogP contribution < -0.4 is 5.32 Å². The molecular formula is C28H32FN7O3. The Kier molecular flexibility index (Phi) is 7.11. The molecule has 2 fully saturated rings. The Morgan fingerprint density at radius 1 is 1.18 bits per heavy atom. The van der Waals surface area contributed by atoms with E-state index in [2.05, 4.69) is 32.4 Å². The average molecular weight is 534 g/mol. The molecule has 11 heteroatoms. The number of ether oxygens (including phenoxy) is 1. The maximum atomic E-state index is 15.5. The van der Waals surface area contributed by atoms with Gasteiger partial charge in [0, 0.05) is 50.7 Å². The van der Waals surface area contributed by atoms with Crippen LogP contribution in [-0.2, 0) is 18.3 Å². The third-order valence-electron chi connectivity index (χ3n) is 7.63. The van der Waals surface area contributed by atoms with E-state index in [9.17, 15) is 9.90 Å². The zero-order valence-electron chi connectivity index (χ0n) is 21.9. The van der Waals surface area contributed by atoms with Gasteiger partial charge in [0.1, 0.15) is 5.69 Å². The van der Waals surface area contributed by atoms with Crippen molar-refractivity contribution in [2.75, 3.05) is 31.6 Å². The molecule has 1 saturated carbocycles. The van der Waals surface area contributed by atoms with Crippen molar-refractivity contribution in [3.05, 3.63) is 59.8 Å². The summed E-state index contributed by atoms with van der Waals surface area (Å²) >= 11 is 0. The number of amides is 1. The molecule has 1 aromatic carbocycles. The Balaban J connectivity index is 1.33. The summed E-state index contributed by atoms with van der Waals surface area (Å²) in [5.74, 6) is -0.931. The SMILES string of the molecule is Cn1cc(-c2nccc(C(=O)Nc3nc4cc(CN5CCOCC5)ccc4n3[C@H]3CC[C@@H](O)CC3)c2F)cn1. The Labute approximate surface area is 225 Å². The first-order chi connectivity index (χ1) is 19.0. The molecule has 10 nitrogen and oxygen atoms in total. The van der Waals surface area contributed by atoms with Crippen LogP contribution in [0.4, 0.5) is 10.3 Å². The summed E-state index contributed by atoms with van der Waals surface area (Å²) in [4.78, 5) is 24.7. The number of pyridine rings is 1. The first kappa shape index (κ1) is 25.6. The van der Waals surface area contributed by atoms with Crippen LogP contribution in [-0.4, -0.2) is 72.6 Å². The predicted molar refractivity (Wildman–Crippen MR) is 144 cm³/mol. The number of aliphatic hydroxyl groups excluding tert-OH is 1. The van der Waals surface area contributed by atoms with Crippen LogP contribution in [0.5, 0.6) is 0 Å². The van der Waals surface area contributed by atoms with Crippen LogP contribution in [0.2, 0.25) is 0 Å². The van der Waals surface area contributed by atoms with Gasteiger partial charge in [-0.1, -0.05) is 6.07 Å². The zero-order valence-corrected chi connectivity index (χ0v) is 21.9. The number of fused-ring (bicyclic) bond motifs is 1. The summed E-state index contributed by atoms with van der Waals surface area (Å²) in [6, 6.07) is 7.64. The van der Waals surface area contributed by atoms with Crippen molar-refractivity contribution in [3.8, 4) is 11.3 Å². The highest BCUT2D eigenvalue weighted by Crippen LogP contribution is 2.35. The Morgan fingerprint density at radius 3 is 2.72 bits per heavy atom. The maximum absolute atomic E-state index is 15.5. The van der Waals surface area contributed by atoms with Gasteiger partial charge in [0.2, 0.25) is 5.95 Å². The first-order valence-electron chi connectivity index (χ1n) is 13.4. The van der Waals surface area contributed by atoms with Crippen molar-refractivity contribution in [1.29, 1.82) is 0 Å². The number of carbonyl (C=O) groups excluding carboxylic acids is 1. The lowest BCUT2D eigenvalue weighted by atomic mass is 9.93. The van der Waals surface area contributed by atoms with E-state index < -0.39 is 11.7 Å². The summed E-state index contributed by atoms with van der Waals surface area (Å²) in [6.45, 7) is 4.03. The van der Waals surface area contributed by atoms with Crippen LogP contribution in [0.15, 0.2) is 42.9 Å². The molecule has 4 heterocycles. The number of nitrogens with one attached hydrogen (secondary N) is 1. The minimum atomic E-state index is -0.709. The fraction of sp³-hybridized carbons (Fsp3) is 0.429. The van der Waals surface area contributed by atoms with Crippen LogP contribution in [0.3, 0.4) is 0 Å². The van der Waals surface area contributed by atoms with Gasteiger partial charge in [0.15, 0.2) is 5.82 Å². The molecule has 0 spiro atoms. The minimum absolute atomic E-state index is 0.0621. The second-order valence-corrected chi connectivity index (χ2v) is 10.4. The molecular weight excluding hydrogens is 501 g/mol. The van der Waals surface area contributed by atoms with Gasteiger partial charge in [0.05, 0.1) is 42.1 Å². The summed E-state index contributed by atoms with van der Waals surface area (Å²) < 4.78 is 24.5. The molecule has 4 aromatic rings. The highest BCUT2D eigenvalue weighted by atomic mass is 19.1. The molecule has 1 aliphatic heterocycles. The van der Waals surface area contributed by atoms with Crippen molar-refractivity contribution >= 4 is 22.9 Å². The van der Waals surface area contributed by atoms with E-state index in [-0.39, 0.29) is 23.4 Å². The fourth-order valence-corrected chi connectivity index (χ4v) is 5.57. The molecule has 1 saturated heterocycles. The van der Waals surface area contributed by atoms with Gasteiger partial charge >= 0.3 is 0 Å². The lowest BCUT2D eigenvalue weighted by Crippen LogP contribution is -2.35. The lowest BCUT2D eigenvalue weighted by Gasteiger charge is -2.28. The maximum Gasteiger partial charge on any atom is 0.261 e. The number of carbonyl (C=O) groups is 1. The quantitative estimate of drug-likeness (QED) is 0.390. The second kappa shape index (κ2) is 10.8. The number of anilines is 1. The molecule has 204 valence electrons. The normalized spacial score (nSPS) is 20.4. The number of benzene rings is 1. The Morgan fingerprint density at radius 2 is 1.97 bits per heavy atom. The third kappa shape index (κ3) is 5.29.